The van der Waals surface area contributed by atoms with Crippen molar-refractivity contribution in [2.45, 2.75) is 12.7 Å². The van der Waals surface area contributed by atoms with Gasteiger partial charge in [0, 0.05) is 21.3 Å². The largest absolute Gasteiger partial charge is 0.543 e. The summed E-state index contributed by atoms with van der Waals surface area (Å²) in [5, 5.41) is -0.201. The zero-order valence-electron chi connectivity index (χ0n) is 9.20. The summed E-state index contributed by atoms with van der Waals surface area (Å²) < 4.78 is 20.3. The van der Waals surface area contributed by atoms with E-state index in [1.807, 2.05) is 0 Å². The molecule has 0 aromatic heterocycles. The van der Waals surface area contributed by atoms with Crippen LogP contribution in [0.25, 0.3) is 0 Å². The van der Waals surface area contributed by atoms with E-state index in [0.29, 0.717) is 0 Å². The minimum absolute atomic E-state index is 0.201. The number of rotatable bonds is 6. The fourth-order valence-electron chi connectivity index (χ4n) is 1.04. The van der Waals surface area contributed by atoms with Crippen LogP contribution in [0.3, 0.4) is 0 Å². The lowest BCUT2D eigenvalue weighted by Gasteiger charge is -2.29. The van der Waals surface area contributed by atoms with Crippen LogP contribution in [0.4, 0.5) is 0 Å². The third-order valence-corrected chi connectivity index (χ3v) is 4.83. The lowest BCUT2D eigenvalue weighted by Crippen LogP contribution is -2.54. The molecule has 0 amide bonds. The molecule has 5 nitrogen and oxygen atoms in total. The highest BCUT2D eigenvalue weighted by Gasteiger charge is 2.47. The second kappa shape index (κ2) is 6.24. The van der Waals surface area contributed by atoms with E-state index in [4.69, 9.17) is 29.6 Å². The highest BCUT2D eigenvalue weighted by molar-refractivity contribution is 6.62. The molecule has 0 aliphatic carbocycles. The molecule has 88 valence electrons. The summed E-state index contributed by atoms with van der Waals surface area (Å²) in [5.41, 5.74) is -0.652. The third kappa shape index (κ3) is 3.58. The van der Waals surface area contributed by atoms with Gasteiger partial charge in [0.05, 0.1) is 0 Å². The molecule has 0 saturated heterocycles. The van der Waals surface area contributed by atoms with E-state index in [1.54, 1.807) is 6.92 Å². The van der Waals surface area contributed by atoms with Gasteiger partial charge in [-0.1, -0.05) is 18.2 Å². The second-order valence-corrected chi connectivity index (χ2v) is 6.37. The fraction of sp³-hybridized carbons (Fsp3) is 0.625. The molecule has 0 rings (SSSR count). The number of hydrogen-bond acceptors (Lipinski definition) is 5. The zero-order valence-corrected chi connectivity index (χ0v) is 11.0. The van der Waals surface area contributed by atoms with Crippen molar-refractivity contribution in [1.82, 2.24) is 0 Å². The first-order chi connectivity index (χ1) is 6.93. The smallest absolute Gasteiger partial charge is 0.454 e. The Labute approximate surface area is 95.3 Å². The molecule has 0 radical (unpaired) electrons. The summed E-state index contributed by atoms with van der Waals surface area (Å²) >= 11 is 5.38. The van der Waals surface area contributed by atoms with Crippen molar-refractivity contribution in [2.24, 2.45) is 0 Å². The van der Waals surface area contributed by atoms with Crippen LogP contribution in [0, 0.1) is 0 Å². The van der Waals surface area contributed by atoms with Gasteiger partial charge in [-0.25, -0.2) is 4.79 Å². The van der Waals surface area contributed by atoms with E-state index < -0.39 is 20.5 Å². The van der Waals surface area contributed by atoms with E-state index in [-0.39, 0.29) is 5.03 Å². The van der Waals surface area contributed by atoms with Crippen LogP contribution < -0.4 is 0 Å². The van der Waals surface area contributed by atoms with Gasteiger partial charge in [-0.3, -0.25) is 0 Å². The molecule has 1 atom stereocenters. The molecule has 0 aliphatic rings. The Morgan fingerprint density at radius 2 is 1.67 bits per heavy atom. The first-order valence-electron chi connectivity index (χ1n) is 4.14. The topological polar surface area (TPSA) is 54.0 Å². The van der Waals surface area contributed by atoms with Crippen LogP contribution in [0.1, 0.15) is 6.92 Å². The van der Waals surface area contributed by atoms with Crippen molar-refractivity contribution >= 4 is 26.4 Å². The normalized spacial score (nSPS) is 13.4. The van der Waals surface area contributed by atoms with Crippen molar-refractivity contribution in [2.75, 3.05) is 21.3 Å². The number of carbonyl (C=O) groups excluding carboxylic acids is 1. The lowest BCUT2D eigenvalue weighted by atomic mass is 10.6. The van der Waals surface area contributed by atoms with Crippen molar-refractivity contribution < 1.29 is 22.8 Å². The summed E-state index contributed by atoms with van der Waals surface area (Å²) in [7, 11) is 1.32. The molecule has 15 heavy (non-hydrogen) atoms. The molecule has 0 N–H and O–H groups in total. The lowest BCUT2D eigenvalue weighted by molar-refractivity contribution is -0.142. The van der Waals surface area contributed by atoms with Gasteiger partial charge in [0.1, 0.15) is 5.03 Å². The van der Waals surface area contributed by atoms with Gasteiger partial charge in [-0.2, -0.15) is 0 Å². The molecular formula is C8H15ClO5Si. The van der Waals surface area contributed by atoms with Crippen LogP contribution >= 0.6 is 11.6 Å². The average molecular weight is 255 g/mol. The van der Waals surface area contributed by atoms with Gasteiger partial charge in [-0.15, -0.1) is 0 Å². The van der Waals surface area contributed by atoms with Gasteiger partial charge < -0.3 is 18.0 Å². The highest BCUT2D eigenvalue weighted by Crippen LogP contribution is 2.16. The summed E-state index contributed by atoms with van der Waals surface area (Å²) in [6, 6.07) is 0. The first-order valence-corrected chi connectivity index (χ1v) is 6.32. The quantitative estimate of drug-likeness (QED) is 0.403. The molecule has 0 heterocycles. The summed E-state index contributed by atoms with van der Waals surface area (Å²) in [5.74, 6) is -0.716. The van der Waals surface area contributed by atoms with Crippen LogP contribution in [0.5, 0.6) is 0 Å². The van der Waals surface area contributed by atoms with Gasteiger partial charge in [0.25, 0.3) is 0 Å². The predicted octanol–water partition coefficient (Wildman–Crippen LogP) is 1.09. The average Bonchev–Trinajstić information content (AvgIpc) is 2.21. The Balaban J connectivity index is 4.58. The van der Waals surface area contributed by atoms with Gasteiger partial charge in [0.2, 0.25) is 0 Å². The summed E-state index contributed by atoms with van der Waals surface area (Å²) in [6.07, 6.45) is 0. The maximum Gasteiger partial charge on any atom is 0.543 e. The maximum atomic E-state index is 11.1. The Morgan fingerprint density at radius 1 is 1.27 bits per heavy atom. The monoisotopic (exact) mass is 254 g/mol. The number of hydrogen-bond donors (Lipinski definition) is 0. The van der Waals surface area contributed by atoms with Gasteiger partial charge >= 0.3 is 14.8 Å². The second-order valence-electron chi connectivity index (χ2n) is 2.67. The SMILES string of the molecule is C=C(Cl)C(=O)OC(C)[Si](OC)(OC)OC. The van der Waals surface area contributed by atoms with E-state index in [2.05, 4.69) is 6.58 Å². The van der Waals surface area contributed by atoms with Crippen LogP contribution in [0.15, 0.2) is 11.6 Å². The zero-order chi connectivity index (χ0) is 12.1. The van der Waals surface area contributed by atoms with Crippen molar-refractivity contribution in [1.29, 1.82) is 0 Å². The number of ether oxygens (including phenoxy) is 1. The van der Waals surface area contributed by atoms with Crippen LogP contribution in [-0.2, 0) is 22.8 Å². The third-order valence-electron chi connectivity index (χ3n) is 1.86. The predicted molar refractivity (Wildman–Crippen MR) is 57.3 cm³/mol. The molecule has 0 aromatic carbocycles. The van der Waals surface area contributed by atoms with E-state index in [0.717, 1.165) is 0 Å². The summed E-state index contributed by atoms with van der Waals surface area (Å²) in [4.78, 5) is 11.1. The fourth-order valence-corrected chi connectivity index (χ4v) is 2.84. The first kappa shape index (κ1) is 14.6. The van der Waals surface area contributed by atoms with Crippen LogP contribution in [0.2, 0.25) is 0 Å². The Morgan fingerprint density at radius 3 is 1.93 bits per heavy atom. The van der Waals surface area contributed by atoms with Gasteiger partial charge in [-0.05, 0) is 6.92 Å². The number of carbonyl (C=O) groups is 1. The van der Waals surface area contributed by atoms with Crippen LogP contribution in [-0.4, -0.2) is 41.8 Å². The minimum atomic E-state index is -2.97. The molecule has 0 fully saturated rings. The van der Waals surface area contributed by atoms with E-state index >= 15 is 0 Å². The molecular weight excluding hydrogens is 240 g/mol. The Kier molecular flexibility index (Phi) is 6.07. The standard InChI is InChI=1S/C8H15ClO5Si/c1-6(9)8(10)14-7(2)15(11-3,12-4)13-5/h7H,1H2,2-5H3. The highest BCUT2D eigenvalue weighted by atomic mass is 35.5. The molecule has 0 bridgehead atoms. The van der Waals surface area contributed by atoms with Crippen molar-refractivity contribution in [3.63, 3.8) is 0 Å². The van der Waals surface area contributed by atoms with Gasteiger partial charge in [0.15, 0.2) is 5.73 Å². The molecule has 0 saturated carbocycles. The van der Waals surface area contributed by atoms with Crippen molar-refractivity contribution in [3.8, 4) is 0 Å². The molecule has 7 heteroatoms. The minimum Gasteiger partial charge on any atom is -0.454 e. The van der Waals surface area contributed by atoms with E-state index in [9.17, 15) is 4.79 Å². The van der Waals surface area contributed by atoms with E-state index in [1.165, 1.54) is 21.3 Å². The number of halogens is 1. The summed E-state index contributed by atoms with van der Waals surface area (Å²) in [6.45, 7) is 4.86. The Hall–Kier alpha value is -0.403. The molecule has 0 aliphatic heterocycles. The molecule has 1 unspecified atom stereocenters. The molecule has 0 aromatic rings. The Bertz CT molecular complexity index is 233. The maximum absolute atomic E-state index is 11.1. The number of esters is 1. The van der Waals surface area contributed by atoms with Crippen molar-refractivity contribution in [3.05, 3.63) is 11.6 Å². The molecule has 0 spiro atoms.